The monoisotopic (exact) mass is 772 g/mol. The fraction of sp³-hybridized carbons (Fsp3) is 1.00. The van der Waals surface area contributed by atoms with Crippen LogP contribution in [0.15, 0.2) is 0 Å². The second kappa shape index (κ2) is 32.9. The van der Waals surface area contributed by atoms with Crippen molar-refractivity contribution in [2.45, 2.75) is 0 Å². The molecule has 1 N–H and O–H groups in total. The van der Waals surface area contributed by atoms with Gasteiger partial charge in [0.05, 0.1) is 0 Å². The first-order valence-corrected chi connectivity index (χ1v) is 11.0. The van der Waals surface area contributed by atoms with Gasteiger partial charge in [-0.25, -0.2) is 0 Å². The van der Waals surface area contributed by atoms with E-state index in [0.717, 1.165) is 0 Å². The minimum Gasteiger partial charge on any atom is -0.563 e. The number of halogens is 1. The van der Waals surface area contributed by atoms with Gasteiger partial charge in [0, 0.05) is 0 Å². The van der Waals surface area contributed by atoms with Crippen LogP contribution in [0.25, 0.3) is 0 Å². The molecule has 0 spiro atoms. The van der Waals surface area contributed by atoms with Crippen molar-refractivity contribution in [3.8, 4) is 0 Å². The molecular formula is CH3Ce2ClO16P6+6. The normalized spacial score (nSPS) is 11.5. The van der Waals surface area contributed by atoms with Gasteiger partial charge in [-0.2, -0.15) is 0 Å². The SMILES string of the molecule is O=[P+]([O-])O[P+](=O)[O-].O=[P+]([O-])O[P+](=O)[O-].O=[P+]([O-])O[P+](=O)[O-].OCCl.[Ce+3].[Ce+3]. The third-order valence-electron chi connectivity index (χ3n) is 0.400. The van der Waals surface area contributed by atoms with E-state index < -0.39 is 49.5 Å². The molecule has 6 atom stereocenters. The fourth-order valence-corrected chi connectivity index (χ4v) is 1.47. The average molecular weight is 773 g/mol. The molecule has 0 heterocycles. The molecule has 6 unspecified atom stereocenters. The van der Waals surface area contributed by atoms with Gasteiger partial charge in [0.1, 0.15) is 19.0 Å². The Morgan fingerprint density at radius 2 is 0.654 bits per heavy atom. The van der Waals surface area contributed by atoms with Crippen molar-refractivity contribution in [3.05, 3.63) is 0 Å². The van der Waals surface area contributed by atoms with Crippen LogP contribution < -0.4 is 29.4 Å². The van der Waals surface area contributed by atoms with Gasteiger partial charge >= 0.3 is 133 Å². The van der Waals surface area contributed by atoms with E-state index >= 15 is 0 Å². The van der Waals surface area contributed by atoms with Crippen LogP contribution in [0, 0.1) is 83.5 Å². The average Bonchev–Trinajstić information content (AvgIpc) is 2.24. The van der Waals surface area contributed by atoms with Crippen LogP contribution in [0.5, 0.6) is 0 Å². The molecule has 0 saturated heterocycles. The number of aliphatic hydroxyl groups is 1. The Labute approximate surface area is 222 Å². The van der Waals surface area contributed by atoms with E-state index in [9.17, 15) is 56.8 Å². The van der Waals surface area contributed by atoms with E-state index in [1.54, 1.807) is 0 Å². The van der Waals surface area contributed by atoms with E-state index in [4.69, 9.17) is 5.11 Å². The number of aliphatic hydroxyl groups excluding tert-OH is 1. The maximum atomic E-state index is 9.24. The van der Waals surface area contributed by atoms with E-state index in [2.05, 4.69) is 24.5 Å². The van der Waals surface area contributed by atoms with Gasteiger partial charge in [0.25, 0.3) is 0 Å². The van der Waals surface area contributed by atoms with Crippen molar-refractivity contribution in [1.29, 1.82) is 0 Å². The summed E-state index contributed by atoms with van der Waals surface area (Å²) in [5, 5.41) is 7.33. The second-order valence-electron chi connectivity index (χ2n) is 1.71. The molecular weight excluding hydrogens is 770 g/mol. The zero-order valence-electron chi connectivity index (χ0n) is 11.3. The third kappa shape index (κ3) is 80.7. The van der Waals surface area contributed by atoms with E-state index in [0.29, 0.717) is 0 Å². The van der Waals surface area contributed by atoms with Crippen molar-refractivity contribution < 1.29 is 158 Å². The number of alkyl halides is 1. The van der Waals surface area contributed by atoms with Gasteiger partial charge in [0.2, 0.25) is 0 Å². The largest absolute Gasteiger partial charge is 3.00 e. The van der Waals surface area contributed by atoms with Gasteiger partial charge in [-0.15, -0.1) is 0 Å². The van der Waals surface area contributed by atoms with E-state index in [-0.39, 0.29) is 89.6 Å². The Kier molecular flexibility index (Phi) is 54.6. The molecule has 0 aliphatic rings. The number of hydrogen-bond acceptors (Lipinski definition) is 16. The zero-order valence-corrected chi connectivity index (χ0v) is 23.7. The number of rotatable bonds is 6. The summed E-state index contributed by atoms with van der Waals surface area (Å²) in [4.78, 5) is 55.4. The Bertz CT molecular complexity index is 345. The molecule has 16 nitrogen and oxygen atoms in total. The summed E-state index contributed by atoms with van der Waals surface area (Å²) < 4.78 is 64.9. The summed E-state index contributed by atoms with van der Waals surface area (Å²) in [5.74, 6) is 0. The number of hydrogen-bond donors (Lipinski definition) is 1. The topological polar surface area (TPSA) is 289 Å². The van der Waals surface area contributed by atoms with Crippen molar-refractivity contribution in [2.75, 3.05) is 6.07 Å². The molecule has 0 aromatic rings. The second-order valence-corrected chi connectivity index (χ2v) is 6.59. The van der Waals surface area contributed by atoms with Crippen LogP contribution >= 0.6 is 61.1 Å². The minimum atomic E-state index is -3.24. The summed E-state index contributed by atoms with van der Waals surface area (Å²) in [5.41, 5.74) is 0. The van der Waals surface area contributed by atoms with Crippen molar-refractivity contribution in [1.82, 2.24) is 0 Å². The van der Waals surface area contributed by atoms with Crippen molar-refractivity contribution in [3.63, 3.8) is 0 Å². The predicted molar refractivity (Wildman–Crippen MR) is 61.8 cm³/mol. The van der Waals surface area contributed by atoms with Gasteiger partial charge in [-0.1, -0.05) is 11.6 Å². The summed E-state index contributed by atoms with van der Waals surface area (Å²) in [6.45, 7) is 0. The molecule has 2 radical (unpaired) electrons. The van der Waals surface area contributed by atoms with Crippen LogP contribution in [-0.4, -0.2) is 11.2 Å². The molecule has 0 aromatic carbocycles. The summed E-state index contributed by atoms with van der Waals surface area (Å²) >= 11 is 4.55. The van der Waals surface area contributed by atoms with Crippen LogP contribution in [0.2, 0.25) is 0 Å². The molecule has 0 rings (SSSR count). The van der Waals surface area contributed by atoms with Gasteiger partial charge in [-0.05, 0) is 27.4 Å². The Balaban J connectivity index is -0.0000000517. The quantitative estimate of drug-likeness (QED) is 0.212. The van der Waals surface area contributed by atoms with Gasteiger partial charge < -0.3 is 34.5 Å². The smallest absolute Gasteiger partial charge is 0.563 e. The van der Waals surface area contributed by atoms with Gasteiger partial charge in [-0.3, -0.25) is 0 Å². The standard InChI is InChI=1S/CH3ClO.2Ce.3O5P2/c2-1-3;;;3*1-6(2)5-7(3)4/h3H,1H2;;;;;/q;2*+3;;;. The molecule has 0 amide bonds. The fourth-order valence-electron chi connectivity index (χ4n) is 0.163. The first kappa shape index (κ1) is 43.2. The summed E-state index contributed by atoms with van der Waals surface area (Å²) in [6.07, 6.45) is 0. The maximum absolute atomic E-state index is 9.24. The van der Waals surface area contributed by atoms with Crippen LogP contribution in [0.1, 0.15) is 0 Å². The van der Waals surface area contributed by atoms with Gasteiger partial charge in [0.15, 0.2) is 0 Å². The molecule has 0 aliphatic carbocycles. The van der Waals surface area contributed by atoms with Crippen molar-refractivity contribution >= 4 is 61.1 Å². The summed E-state index contributed by atoms with van der Waals surface area (Å²) in [7, 11) is -19.4. The maximum Gasteiger partial charge on any atom is 3.00 e. The molecule has 0 aliphatic heterocycles. The zero-order chi connectivity index (χ0) is 20.3. The first-order chi connectivity index (χ1) is 10.8. The molecule has 142 valence electrons. The van der Waals surface area contributed by atoms with Crippen LogP contribution in [-0.2, 0) is 40.3 Å². The third-order valence-corrected chi connectivity index (χ3v) is 3.60. The molecule has 0 aromatic heterocycles. The van der Waals surface area contributed by atoms with Crippen LogP contribution in [0.3, 0.4) is 0 Å². The Morgan fingerprint density at radius 3 is 0.654 bits per heavy atom. The van der Waals surface area contributed by atoms with E-state index in [1.807, 2.05) is 0 Å². The first-order valence-electron chi connectivity index (χ1n) is 3.87. The molecule has 26 heavy (non-hydrogen) atoms. The van der Waals surface area contributed by atoms with E-state index in [1.165, 1.54) is 0 Å². The Hall–Kier alpha value is 3.24. The minimum absolute atomic E-state index is 0. The molecule has 0 bridgehead atoms. The molecule has 0 fully saturated rings. The summed E-state index contributed by atoms with van der Waals surface area (Å²) in [6, 6.07) is -0.278. The molecule has 25 heteroatoms. The van der Waals surface area contributed by atoms with Crippen molar-refractivity contribution in [2.24, 2.45) is 0 Å². The predicted octanol–water partition coefficient (Wildman–Crippen LogP) is -2.71. The molecule has 0 saturated carbocycles. The Morgan fingerprint density at radius 1 is 0.577 bits per heavy atom. The van der Waals surface area contributed by atoms with Crippen LogP contribution in [0.4, 0.5) is 0 Å².